The molecule has 140 valence electrons. The first-order chi connectivity index (χ1) is 13.4. The number of benzene rings is 3. The minimum Gasteiger partial charge on any atom is -0.0654 e. The van der Waals surface area contributed by atoms with Crippen molar-refractivity contribution in [3.8, 4) is 22.3 Å². The molecule has 3 aromatic carbocycles. The second-order valence-electron chi connectivity index (χ2n) is 7.48. The third-order valence-electron chi connectivity index (χ3n) is 5.35. The molecule has 0 bridgehead atoms. The van der Waals surface area contributed by atoms with Gasteiger partial charge in [0.05, 0.1) is 0 Å². The maximum atomic E-state index is 2.38. The van der Waals surface area contributed by atoms with E-state index < -0.39 is 0 Å². The number of hydrogen-bond donors (Lipinski definition) is 0. The van der Waals surface area contributed by atoms with Crippen LogP contribution in [0.4, 0.5) is 0 Å². The zero-order chi connectivity index (χ0) is 18.7. The summed E-state index contributed by atoms with van der Waals surface area (Å²) in [4.78, 5) is 0. The van der Waals surface area contributed by atoms with E-state index in [0.717, 1.165) is 0 Å². The van der Waals surface area contributed by atoms with Crippen molar-refractivity contribution in [3.63, 3.8) is 0 Å². The fourth-order valence-electron chi connectivity index (χ4n) is 3.76. The van der Waals surface area contributed by atoms with Gasteiger partial charge in [0.15, 0.2) is 0 Å². The van der Waals surface area contributed by atoms with Gasteiger partial charge in [0.1, 0.15) is 0 Å². The maximum absolute atomic E-state index is 2.38. The molecular formula is C27H32. The number of rotatable bonds is 10. The fourth-order valence-corrected chi connectivity index (χ4v) is 3.76. The first-order valence-corrected chi connectivity index (χ1v) is 10.6. The van der Waals surface area contributed by atoms with Crippen LogP contribution >= 0.6 is 0 Å². The summed E-state index contributed by atoms with van der Waals surface area (Å²) in [5.74, 6) is 0. The third kappa shape index (κ3) is 5.82. The Bertz CT molecular complexity index is 787. The number of aryl methyl sites for hydroxylation is 1. The van der Waals surface area contributed by atoms with Crippen LogP contribution in [0, 0.1) is 0 Å². The summed E-state index contributed by atoms with van der Waals surface area (Å²) in [6.45, 7) is 2.28. The summed E-state index contributed by atoms with van der Waals surface area (Å²) < 4.78 is 0. The highest BCUT2D eigenvalue weighted by Gasteiger charge is 2.08. The van der Waals surface area contributed by atoms with Crippen molar-refractivity contribution in [1.29, 1.82) is 0 Å². The third-order valence-corrected chi connectivity index (χ3v) is 5.35. The van der Waals surface area contributed by atoms with Crippen molar-refractivity contribution < 1.29 is 0 Å². The molecule has 0 heterocycles. The lowest BCUT2D eigenvalue weighted by atomic mass is 9.92. The normalized spacial score (nSPS) is 10.9. The van der Waals surface area contributed by atoms with Gasteiger partial charge in [-0.05, 0) is 46.7 Å². The van der Waals surface area contributed by atoms with Crippen LogP contribution in [0.25, 0.3) is 22.3 Å². The van der Waals surface area contributed by atoms with Crippen LogP contribution in [-0.4, -0.2) is 0 Å². The molecule has 0 heteroatoms. The molecule has 0 nitrogen and oxygen atoms in total. The van der Waals surface area contributed by atoms with E-state index in [4.69, 9.17) is 0 Å². The van der Waals surface area contributed by atoms with Gasteiger partial charge >= 0.3 is 0 Å². The summed E-state index contributed by atoms with van der Waals surface area (Å²) in [6, 6.07) is 28.6. The van der Waals surface area contributed by atoms with Gasteiger partial charge in [-0.25, -0.2) is 0 Å². The highest BCUT2D eigenvalue weighted by atomic mass is 14.1. The van der Waals surface area contributed by atoms with Crippen molar-refractivity contribution in [2.75, 3.05) is 0 Å². The first kappa shape index (κ1) is 19.4. The van der Waals surface area contributed by atoms with Crippen molar-refractivity contribution in [2.45, 2.75) is 58.3 Å². The zero-order valence-electron chi connectivity index (χ0n) is 16.7. The number of unbranched alkanes of at least 4 members (excludes halogenated alkanes) is 6. The Kier molecular flexibility index (Phi) is 7.71. The molecule has 0 atom stereocenters. The predicted molar refractivity (Wildman–Crippen MR) is 119 cm³/mol. The molecule has 0 amide bonds. The van der Waals surface area contributed by atoms with E-state index in [-0.39, 0.29) is 0 Å². The molecule has 0 aliphatic carbocycles. The molecule has 0 saturated heterocycles. The maximum Gasteiger partial charge on any atom is -0.0146 e. The SMILES string of the molecule is CCCCCCCCCc1ccc(-c2ccccc2)cc1-c1ccccc1. The molecular weight excluding hydrogens is 324 g/mol. The molecule has 3 rings (SSSR count). The standard InChI is InChI=1S/C27H32/c1-2-3-4-5-6-7-10-19-25-20-21-26(23-15-11-8-12-16-23)22-27(25)24-17-13-9-14-18-24/h8-9,11-18,20-22H,2-7,10,19H2,1H3. The Labute approximate surface area is 165 Å². The lowest BCUT2D eigenvalue weighted by Gasteiger charge is -2.13. The first-order valence-electron chi connectivity index (χ1n) is 10.6. The summed E-state index contributed by atoms with van der Waals surface area (Å²) in [6.07, 6.45) is 10.7. The molecule has 0 radical (unpaired) electrons. The van der Waals surface area contributed by atoms with Crippen LogP contribution in [0.2, 0.25) is 0 Å². The van der Waals surface area contributed by atoms with Gasteiger partial charge in [-0.2, -0.15) is 0 Å². The fraction of sp³-hybridized carbons (Fsp3) is 0.333. The molecule has 0 aromatic heterocycles. The second-order valence-corrected chi connectivity index (χ2v) is 7.48. The minimum absolute atomic E-state index is 1.17. The average Bonchev–Trinajstić information content (AvgIpc) is 2.74. The molecule has 0 spiro atoms. The molecule has 0 N–H and O–H groups in total. The average molecular weight is 357 g/mol. The highest BCUT2D eigenvalue weighted by Crippen LogP contribution is 2.30. The van der Waals surface area contributed by atoms with E-state index in [1.54, 1.807) is 0 Å². The van der Waals surface area contributed by atoms with Gasteiger partial charge in [-0.3, -0.25) is 0 Å². The highest BCUT2D eigenvalue weighted by molar-refractivity contribution is 5.75. The monoisotopic (exact) mass is 356 g/mol. The Balaban J connectivity index is 1.73. The van der Waals surface area contributed by atoms with Gasteiger partial charge in [-0.15, -0.1) is 0 Å². The Morgan fingerprint density at radius 3 is 1.78 bits per heavy atom. The van der Waals surface area contributed by atoms with Crippen molar-refractivity contribution >= 4 is 0 Å². The van der Waals surface area contributed by atoms with Crippen LogP contribution < -0.4 is 0 Å². The summed E-state index contributed by atoms with van der Waals surface area (Å²) >= 11 is 0. The summed E-state index contributed by atoms with van der Waals surface area (Å²) in [5, 5.41) is 0. The van der Waals surface area contributed by atoms with Crippen LogP contribution in [0.5, 0.6) is 0 Å². The lowest BCUT2D eigenvalue weighted by molar-refractivity contribution is 0.589. The van der Waals surface area contributed by atoms with E-state index in [9.17, 15) is 0 Å². The van der Waals surface area contributed by atoms with E-state index in [0.29, 0.717) is 0 Å². The van der Waals surface area contributed by atoms with E-state index >= 15 is 0 Å². The predicted octanol–water partition coefficient (Wildman–Crippen LogP) is 8.31. The quantitative estimate of drug-likeness (QED) is 0.320. The Morgan fingerprint density at radius 1 is 0.519 bits per heavy atom. The van der Waals surface area contributed by atoms with E-state index in [1.165, 1.54) is 79.2 Å². The smallest absolute Gasteiger partial charge is 0.0146 e. The van der Waals surface area contributed by atoms with Crippen LogP contribution in [0.1, 0.15) is 57.4 Å². The molecule has 27 heavy (non-hydrogen) atoms. The minimum atomic E-state index is 1.17. The van der Waals surface area contributed by atoms with Crippen molar-refractivity contribution in [1.82, 2.24) is 0 Å². The van der Waals surface area contributed by atoms with Gasteiger partial charge in [0, 0.05) is 0 Å². The lowest BCUT2D eigenvalue weighted by Crippen LogP contribution is -1.92. The van der Waals surface area contributed by atoms with Gasteiger partial charge < -0.3 is 0 Å². The Hall–Kier alpha value is -2.34. The number of hydrogen-bond acceptors (Lipinski definition) is 0. The molecule has 3 aromatic rings. The Morgan fingerprint density at radius 2 is 1.11 bits per heavy atom. The van der Waals surface area contributed by atoms with Crippen LogP contribution in [0.15, 0.2) is 78.9 Å². The second kappa shape index (κ2) is 10.7. The summed E-state index contributed by atoms with van der Waals surface area (Å²) in [7, 11) is 0. The molecule has 0 aliphatic heterocycles. The molecule has 0 aliphatic rings. The van der Waals surface area contributed by atoms with Gasteiger partial charge in [-0.1, -0.05) is 118 Å². The van der Waals surface area contributed by atoms with E-state index in [2.05, 4.69) is 85.8 Å². The molecule has 0 unspecified atom stereocenters. The zero-order valence-corrected chi connectivity index (χ0v) is 16.7. The molecule has 0 fully saturated rings. The van der Waals surface area contributed by atoms with Gasteiger partial charge in [0.25, 0.3) is 0 Å². The molecule has 0 saturated carbocycles. The van der Waals surface area contributed by atoms with Gasteiger partial charge in [0.2, 0.25) is 0 Å². The topological polar surface area (TPSA) is 0 Å². The van der Waals surface area contributed by atoms with Crippen LogP contribution in [0.3, 0.4) is 0 Å². The van der Waals surface area contributed by atoms with Crippen molar-refractivity contribution in [2.24, 2.45) is 0 Å². The largest absolute Gasteiger partial charge is 0.0654 e. The van der Waals surface area contributed by atoms with Crippen molar-refractivity contribution in [3.05, 3.63) is 84.4 Å². The summed E-state index contributed by atoms with van der Waals surface area (Å²) in [5.41, 5.74) is 6.79. The van der Waals surface area contributed by atoms with Crippen LogP contribution in [-0.2, 0) is 6.42 Å². The van der Waals surface area contributed by atoms with E-state index in [1.807, 2.05) is 0 Å².